The number of carbonyl (C=O) groups is 1. The van der Waals surface area contributed by atoms with Crippen molar-refractivity contribution >= 4 is 5.91 Å². The number of carbonyl (C=O) groups excluding carboxylic acids is 1. The van der Waals surface area contributed by atoms with Gasteiger partial charge < -0.3 is 5.32 Å². The molecule has 2 rings (SSSR count). The molecule has 136 valence electrons. The van der Waals surface area contributed by atoms with Crippen LogP contribution < -0.4 is 5.32 Å². The SMILES string of the molecule is CC(C)c1ccc(CN(CC(=O)N[C@@](C)(C#N)C(C)C)C2CC2)cc1. The van der Waals surface area contributed by atoms with Gasteiger partial charge in [0.25, 0.3) is 0 Å². The van der Waals surface area contributed by atoms with E-state index in [1.807, 2.05) is 13.8 Å². The average Bonchev–Trinajstić information content (AvgIpc) is 3.39. The molecule has 0 aliphatic heterocycles. The van der Waals surface area contributed by atoms with E-state index in [0.29, 0.717) is 18.5 Å². The van der Waals surface area contributed by atoms with Crippen molar-refractivity contribution in [2.45, 2.75) is 71.5 Å². The molecular weight excluding hydrogens is 310 g/mol. The van der Waals surface area contributed by atoms with Crippen molar-refractivity contribution in [3.8, 4) is 6.07 Å². The Bertz CT molecular complexity index is 626. The Morgan fingerprint density at radius 1 is 1.28 bits per heavy atom. The van der Waals surface area contributed by atoms with Crippen molar-refractivity contribution in [3.05, 3.63) is 35.4 Å². The van der Waals surface area contributed by atoms with Gasteiger partial charge in [0, 0.05) is 12.6 Å². The summed E-state index contributed by atoms with van der Waals surface area (Å²) < 4.78 is 0. The first-order chi connectivity index (χ1) is 11.7. The van der Waals surface area contributed by atoms with E-state index in [0.717, 1.165) is 19.4 Å². The Balaban J connectivity index is 1.99. The summed E-state index contributed by atoms with van der Waals surface area (Å²) in [4.78, 5) is 14.7. The van der Waals surface area contributed by atoms with Crippen LogP contribution in [0.25, 0.3) is 0 Å². The fourth-order valence-electron chi connectivity index (χ4n) is 2.81. The first-order valence-electron chi connectivity index (χ1n) is 9.30. The van der Waals surface area contributed by atoms with Gasteiger partial charge in [-0.3, -0.25) is 9.69 Å². The highest BCUT2D eigenvalue weighted by atomic mass is 16.2. The largest absolute Gasteiger partial charge is 0.337 e. The first-order valence-corrected chi connectivity index (χ1v) is 9.30. The van der Waals surface area contributed by atoms with Crippen LogP contribution in [0.2, 0.25) is 0 Å². The van der Waals surface area contributed by atoms with Crippen LogP contribution in [-0.4, -0.2) is 28.9 Å². The highest BCUT2D eigenvalue weighted by Crippen LogP contribution is 2.28. The van der Waals surface area contributed by atoms with Gasteiger partial charge in [0.15, 0.2) is 0 Å². The van der Waals surface area contributed by atoms with E-state index in [9.17, 15) is 10.1 Å². The zero-order valence-corrected chi connectivity index (χ0v) is 16.2. The summed E-state index contributed by atoms with van der Waals surface area (Å²) in [5.74, 6) is 0.530. The third-order valence-electron chi connectivity index (χ3n) is 5.23. The number of nitriles is 1. The van der Waals surface area contributed by atoms with E-state index in [1.165, 1.54) is 11.1 Å². The van der Waals surface area contributed by atoms with E-state index in [2.05, 4.69) is 54.4 Å². The molecule has 1 fully saturated rings. The topological polar surface area (TPSA) is 56.1 Å². The molecule has 0 heterocycles. The summed E-state index contributed by atoms with van der Waals surface area (Å²) in [6, 6.07) is 11.4. The van der Waals surface area contributed by atoms with Gasteiger partial charge in [-0.1, -0.05) is 52.0 Å². The van der Waals surface area contributed by atoms with Crippen molar-refractivity contribution in [2.24, 2.45) is 5.92 Å². The smallest absolute Gasteiger partial charge is 0.235 e. The molecule has 1 atom stereocenters. The maximum Gasteiger partial charge on any atom is 0.235 e. The number of rotatable bonds is 8. The molecule has 25 heavy (non-hydrogen) atoms. The monoisotopic (exact) mass is 341 g/mol. The summed E-state index contributed by atoms with van der Waals surface area (Å²) in [6.45, 7) is 11.2. The quantitative estimate of drug-likeness (QED) is 0.782. The Labute approximate surface area is 152 Å². The molecule has 1 aromatic rings. The molecular formula is C21H31N3O. The maximum atomic E-state index is 12.5. The number of hydrogen-bond acceptors (Lipinski definition) is 3. The second-order valence-corrected chi connectivity index (χ2v) is 8.05. The fraction of sp³-hybridized carbons (Fsp3) is 0.619. The standard InChI is InChI=1S/C21H31N3O/c1-15(2)18-8-6-17(7-9-18)12-24(19-10-11-19)13-20(25)23-21(5,14-22)16(3)4/h6-9,15-16,19H,10-13H2,1-5H3,(H,23,25)/t21-/m0/s1. The Morgan fingerprint density at radius 2 is 1.88 bits per heavy atom. The van der Waals surface area contributed by atoms with Crippen LogP contribution in [0.3, 0.4) is 0 Å². The molecule has 4 heteroatoms. The van der Waals surface area contributed by atoms with Gasteiger partial charge in [-0.15, -0.1) is 0 Å². The van der Waals surface area contributed by atoms with Gasteiger partial charge in [0.2, 0.25) is 5.91 Å². The number of hydrogen-bond donors (Lipinski definition) is 1. The van der Waals surface area contributed by atoms with E-state index < -0.39 is 5.54 Å². The summed E-state index contributed by atoms with van der Waals surface area (Å²) >= 11 is 0. The molecule has 1 aliphatic carbocycles. The van der Waals surface area contributed by atoms with Crippen molar-refractivity contribution in [2.75, 3.05) is 6.54 Å². The van der Waals surface area contributed by atoms with Crippen molar-refractivity contribution < 1.29 is 4.79 Å². The van der Waals surface area contributed by atoms with Crippen molar-refractivity contribution in [1.29, 1.82) is 5.26 Å². The lowest BCUT2D eigenvalue weighted by Gasteiger charge is -2.29. The molecule has 0 saturated heterocycles. The predicted molar refractivity (Wildman–Crippen MR) is 101 cm³/mol. The van der Waals surface area contributed by atoms with Gasteiger partial charge >= 0.3 is 0 Å². The Morgan fingerprint density at radius 3 is 2.32 bits per heavy atom. The molecule has 1 amide bonds. The second-order valence-electron chi connectivity index (χ2n) is 8.05. The van der Waals surface area contributed by atoms with Crippen LogP contribution in [0.1, 0.15) is 64.5 Å². The van der Waals surface area contributed by atoms with E-state index in [-0.39, 0.29) is 11.8 Å². The number of nitrogens with one attached hydrogen (secondary N) is 1. The third kappa shape index (κ3) is 5.31. The molecule has 1 N–H and O–H groups in total. The van der Waals surface area contributed by atoms with Gasteiger partial charge in [0.05, 0.1) is 12.6 Å². The molecule has 0 bridgehead atoms. The summed E-state index contributed by atoms with van der Waals surface area (Å²) in [6.07, 6.45) is 2.30. The molecule has 0 radical (unpaired) electrons. The van der Waals surface area contributed by atoms with Crippen LogP contribution in [0.15, 0.2) is 24.3 Å². The Kier molecular flexibility index (Phi) is 6.24. The van der Waals surface area contributed by atoms with Crippen LogP contribution in [0.5, 0.6) is 0 Å². The lowest BCUT2D eigenvalue weighted by Crippen LogP contribution is -2.52. The zero-order chi connectivity index (χ0) is 18.6. The second kappa shape index (κ2) is 8.01. The molecule has 0 unspecified atom stereocenters. The zero-order valence-electron chi connectivity index (χ0n) is 16.2. The Hall–Kier alpha value is -1.86. The van der Waals surface area contributed by atoms with Crippen LogP contribution >= 0.6 is 0 Å². The van der Waals surface area contributed by atoms with Gasteiger partial charge in [-0.2, -0.15) is 5.26 Å². The normalized spacial score (nSPS) is 16.8. The summed E-state index contributed by atoms with van der Waals surface area (Å²) in [5, 5.41) is 12.3. The molecule has 0 spiro atoms. The highest BCUT2D eigenvalue weighted by Gasteiger charge is 2.34. The van der Waals surface area contributed by atoms with Crippen molar-refractivity contribution in [3.63, 3.8) is 0 Å². The van der Waals surface area contributed by atoms with Gasteiger partial charge in [-0.25, -0.2) is 0 Å². The van der Waals surface area contributed by atoms with Gasteiger partial charge in [-0.05, 0) is 42.7 Å². The molecule has 4 nitrogen and oxygen atoms in total. The predicted octanol–water partition coefficient (Wildman–Crippen LogP) is 3.83. The van der Waals surface area contributed by atoms with E-state index in [4.69, 9.17) is 0 Å². The van der Waals surface area contributed by atoms with Crippen molar-refractivity contribution in [1.82, 2.24) is 10.2 Å². The first kappa shape index (κ1) is 19.5. The maximum absolute atomic E-state index is 12.5. The van der Waals surface area contributed by atoms with Gasteiger partial charge in [0.1, 0.15) is 5.54 Å². The number of nitrogens with zero attached hydrogens (tertiary/aromatic N) is 2. The molecule has 0 aromatic heterocycles. The minimum absolute atomic E-state index is 0.0662. The van der Waals surface area contributed by atoms with Crippen LogP contribution in [0.4, 0.5) is 0 Å². The third-order valence-corrected chi connectivity index (χ3v) is 5.23. The number of benzene rings is 1. The highest BCUT2D eigenvalue weighted by molar-refractivity contribution is 5.79. The minimum atomic E-state index is -0.814. The summed E-state index contributed by atoms with van der Waals surface area (Å²) in [7, 11) is 0. The molecule has 1 aromatic carbocycles. The van der Waals surface area contributed by atoms with Crippen LogP contribution in [0, 0.1) is 17.2 Å². The summed E-state index contributed by atoms with van der Waals surface area (Å²) in [5.41, 5.74) is 1.75. The lowest BCUT2D eigenvalue weighted by atomic mass is 9.90. The average molecular weight is 341 g/mol. The van der Waals surface area contributed by atoms with E-state index in [1.54, 1.807) is 6.92 Å². The van der Waals surface area contributed by atoms with Crippen LogP contribution in [-0.2, 0) is 11.3 Å². The molecule has 1 aliphatic rings. The van der Waals surface area contributed by atoms with E-state index >= 15 is 0 Å². The lowest BCUT2D eigenvalue weighted by molar-refractivity contribution is -0.124. The molecule has 1 saturated carbocycles. The minimum Gasteiger partial charge on any atom is -0.337 e. The number of amides is 1. The fourth-order valence-corrected chi connectivity index (χ4v) is 2.81.